The molecule has 0 spiro atoms. The number of rotatable bonds is 4. The predicted octanol–water partition coefficient (Wildman–Crippen LogP) is 6.98. The van der Waals surface area contributed by atoms with Crippen molar-refractivity contribution in [2.24, 2.45) is 17.3 Å². The molecule has 4 heteroatoms. The molecule has 3 aliphatic rings. The van der Waals surface area contributed by atoms with Crippen molar-refractivity contribution in [2.75, 3.05) is 0 Å². The van der Waals surface area contributed by atoms with Crippen LogP contribution in [0.5, 0.6) is 5.75 Å². The van der Waals surface area contributed by atoms with Gasteiger partial charge in [-0.25, -0.2) is 0 Å². The van der Waals surface area contributed by atoms with E-state index in [4.69, 9.17) is 8.85 Å². The maximum Gasteiger partial charge on any atom is 0.242 e. The lowest BCUT2D eigenvalue weighted by molar-refractivity contribution is 0.0596. The van der Waals surface area contributed by atoms with Gasteiger partial charge in [0.05, 0.1) is 0 Å². The highest BCUT2D eigenvalue weighted by Crippen LogP contribution is 2.61. The second-order valence-electron chi connectivity index (χ2n) is 12.0. The Hall–Kier alpha value is -0.586. The Morgan fingerprint density at radius 2 is 1.75 bits per heavy atom. The summed E-state index contributed by atoms with van der Waals surface area (Å²) in [5, 5.41) is 0. The summed E-state index contributed by atoms with van der Waals surface area (Å²) >= 11 is 0. The van der Waals surface area contributed by atoms with Crippen molar-refractivity contribution in [1.29, 1.82) is 0 Å². The minimum absolute atomic E-state index is 0.504. The van der Waals surface area contributed by atoms with Gasteiger partial charge in [0.2, 0.25) is 8.32 Å². The van der Waals surface area contributed by atoms with Crippen LogP contribution < -0.4 is 4.43 Å². The van der Waals surface area contributed by atoms with Crippen LogP contribution in [-0.4, -0.2) is 22.7 Å². The number of benzene rings is 1. The molecule has 3 aliphatic carbocycles. The molecular weight excluding hydrogens is 376 g/mol. The fraction of sp³-hybridized carbons (Fsp3) is 0.750. The van der Waals surface area contributed by atoms with Crippen LogP contribution in [-0.2, 0) is 10.8 Å². The molecule has 5 unspecified atom stereocenters. The predicted molar refractivity (Wildman–Crippen MR) is 123 cm³/mol. The van der Waals surface area contributed by atoms with Gasteiger partial charge >= 0.3 is 0 Å². The molecule has 1 aromatic carbocycles. The molecule has 1 aromatic rings. The van der Waals surface area contributed by atoms with E-state index in [1.807, 2.05) is 0 Å². The van der Waals surface area contributed by atoms with Gasteiger partial charge in [0.25, 0.3) is 0 Å². The molecule has 28 heavy (non-hydrogen) atoms. The monoisotopic (exact) mass is 416 g/mol. The normalized spacial score (nSPS) is 35.1. The molecule has 0 radical (unpaired) electrons. The molecule has 0 heterocycles. The van der Waals surface area contributed by atoms with E-state index >= 15 is 0 Å². The average Bonchev–Trinajstić information content (AvgIpc) is 2.86. The van der Waals surface area contributed by atoms with Gasteiger partial charge in [-0.1, -0.05) is 13.0 Å². The summed E-state index contributed by atoms with van der Waals surface area (Å²) in [5.74, 6) is 3.55. The minimum atomic E-state index is -1.54. The highest BCUT2D eigenvalue weighted by molar-refractivity contribution is 6.70. The maximum atomic E-state index is 6.59. The fourth-order valence-corrected chi connectivity index (χ4v) is 8.57. The zero-order valence-electron chi connectivity index (χ0n) is 19.1. The van der Waals surface area contributed by atoms with Crippen molar-refractivity contribution < 1.29 is 8.85 Å². The molecule has 2 nitrogen and oxygen atoms in total. The van der Waals surface area contributed by atoms with Crippen molar-refractivity contribution >= 4 is 16.6 Å². The number of aryl methyl sites for hydroxylation is 1. The smallest absolute Gasteiger partial charge is 0.242 e. The summed E-state index contributed by atoms with van der Waals surface area (Å²) in [6.07, 6.45) is 8.42. The van der Waals surface area contributed by atoms with Crippen molar-refractivity contribution in [3.8, 4) is 5.75 Å². The van der Waals surface area contributed by atoms with Crippen LogP contribution in [0.3, 0.4) is 0 Å². The Labute approximate surface area is 174 Å². The van der Waals surface area contributed by atoms with Crippen LogP contribution in [0.1, 0.15) is 56.1 Å². The number of hydrogen-bond donors (Lipinski definition) is 0. The number of fused-ring (bicyclic) bond motifs is 5. The van der Waals surface area contributed by atoms with E-state index in [-0.39, 0.29) is 0 Å². The molecule has 0 bridgehead atoms. The lowest BCUT2D eigenvalue weighted by Crippen LogP contribution is -2.39. The van der Waals surface area contributed by atoms with Gasteiger partial charge in [0.1, 0.15) is 5.75 Å². The summed E-state index contributed by atoms with van der Waals surface area (Å²) in [4.78, 5) is 0. The Bertz CT molecular complexity index is 733. The van der Waals surface area contributed by atoms with Gasteiger partial charge in [0.15, 0.2) is 8.32 Å². The topological polar surface area (TPSA) is 18.5 Å². The van der Waals surface area contributed by atoms with Crippen molar-refractivity contribution in [3.63, 3.8) is 0 Å². The Morgan fingerprint density at radius 3 is 2.43 bits per heavy atom. The first-order chi connectivity index (χ1) is 12.9. The second kappa shape index (κ2) is 6.99. The summed E-state index contributed by atoms with van der Waals surface area (Å²) < 4.78 is 12.9. The van der Waals surface area contributed by atoms with Crippen molar-refractivity contribution in [2.45, 2.75) is 96.8 Å². The van der Waals surface area contributed by atoms with Gasteiger partial charge in [-0.05, 0) is 124 Å². The first kappa shape index (κ1) is 20.7. The van der Waals surface area contributed by atoms with E-state index in [0.29, 0.717) is 11.5 Å². The third kappa shape index (κ3) is 4.15. The van der Waals surface area contributed by atoms with Gasteiger partial charge in [-0.3, -0.25) is 0 Å². The van der Waals surface area contributed by atoms with E-state index in [0.717, 1.165) is 23.5 Å². The van der Waals surface area contributed by atoms with Crippen LogP contribution in [0.4, 0.5) is 0 Å². The first-order valence-electron chi connectivity index (χ1n) is 11.4. The van der Waals surface area contributed by atoms with Gasteiger partial charge in [0, 0.05) is 6.10 Å². The molecule has 0 aromatic heterocycles. The molecule has 0 saturated heterocycles. The molecule has 2 fully saturated rings. The van der Waals surface area contributed by atoms with Crippen LogP contribution in [0.25, 0.3) is 0 Å². The van der Waals surface area contributed by atoms with Crippen LogP contribution >= 0.6 is 0 Å². The zero-order valence-corrected chi connectivity index (χ0v) is 21.1. The third-order valence-electron chi connectivity index (χ3n) is 7.37. The van der Waals surface area contributed by atoms with Gasteiger partial charge in [-0.15, -0.1) is 0 Å². The van der Waals surface area contributed by atoms with Gasteiger partial charge < -0.3 is 8.85 Å². The standard InChI is InChI=1S/C24H40O2Si2/c1-24-13-12-21-20-11-9-18(25-27(2,3)4)14-17(20)8-10-22(21)23(24)15-19(16-24)26-28(5,6)7/h9,11,14,19,21-23H,8,10,12-13,15-16H2,1-7H3. The Morgan fingerprint density at radius 1 is 1.00 bits per heavy atom. The van der Waals surface area contributed by atoms with E-state index in [9.17, 15) is 0 Å². The van der Waals surface area contributed by atoms with Gasteiger partial charge in [-0.2, -0.15) is 0 Å². The van der Waals surface area contributed by atoms with Crippen molar-refractivity contribution in [1.82, 2.24) is 0 Å². The molecule has 4 rings (SSSR count). The van der Waals surface area contributed by atoms with Crippen LogP contribution in [0, 0.1) is 17.3 Å². The fourth-order valence-electron chi connectivity index (χ4n) is 6.56. The third-order valence-corrected chi connectivity index (χ3v) is 9.26. The molecule has 2 saturated carbocycles. The molecule has 156 valence electrons. The molecule has 0 amide bonds. The zero-order chi connectivity index (χ0) is 20.3. The summed E-state index contributed by atoms with van der Waals surface area (Å²) in [7, 11) is -3.00. The second-order valence-corrected chi connectivity index (χ2v) is 20.9. The molecule has 5 atom stereocenters. The Kier molecular flexibility index (Phi) is 5.16. The quantitative estimate of drug-likeness (QED) is 0.493. The summed E-state index contributed by atoms with van der Waals surface area (Å²) in [6.45, 7) is 16.4. The first-order valence-corrected chi connectivity index (χ1v) is 18.2. The molecule has 0 aliphatic heterocycles. The summed E-state index contributed by atoms with van der Waals surface area (Å²) in [6, 6.07) is 7.03. The van der Waals surface area contributed by atoms with Crippen LogP contribution in [0.15, 0.2) is 18.2 Å². The number of hydrogen-bond acceptors (Lipinski definition) is 2. The average molecular weight is 417 g/mol. The lowest BCUT2D eigenvalue weighted by Gasteiger charge is -2.49. The Balaban J connectivity index is 1.54. The maximum absolute atomic E-state index is 6.59. The minimum Gasteiger partial charge on any atom is -0.544 e. The van der Waals surface area contributed by atoms with Crippen LogP contribution in [0.2, 0.25) is 39.3 Å². The molecular formula is C24H40O2Si2. The van der Waals surface area contributed by atoms with E-state index in [2.05, 4.69) is 64.4 Å². The highest BCUT2D eigenvalue weighted by Gasteiger charge is 2.53. The van der Waals surface area contributed by atoms with E-state index < -0.39 is 16.6 Å². The highest BCUT2D eigenvalue weighted by atomic mass is 28.4. The van der Waals surface area contributed by atoms with Crippen molar-refractivity contribution in [3.05, 3.63) is 29.3 Å². The van der Waals surface area contributed by atoms with E-state index in [1.54, 1.807) is 11.1 Å². The molecule has 0 N–H and O–H groups in total. The SMILES string of the molecule is CC12CCC3c4ccc(O[Si](C)(C)C)cc4CCC3C1CC(O[Si](C)(C)C)C2. The van der Waals surface area contributed by atoms with E-state index in [1.165, 1.54) is 38.5 Å². The summed E-state index contributed by atoms with van der Waals surface area (Å²) in [5.41, 5.74) is 3.70. The lowest BCUT2D eigenvalue weighted by atomic mass is 9.56. The largest absolute Gasteiger partial charge is 0.544 e.